The highest BCUT2D eigenvalue weighted by atomic mass is 19.3. The number of carbonyl (C=O) groups is 1. The standard InChI is InChI=1S/C19H19F3N2O4/c1-12-3-4-13(7-15(12)20)9-23-18(25)11-27-24-10-14-5-6-16(28-19(21)22)17(8-14)26-2/h3-8,10,19H,9,11H2,1-2H3,(H,23,25)/b24-10+. The number of nitrogens with one attached hydrogen (secondary N) is 1. The van der Waals surface area contributed by atoms with E-state index >= 15 is 0 Å². The molecule has 0 fully saturated rings. The molecule has 0 radical (unpaired) electrons. The molecule has 0 aromatic heterocycles. The van der Waals surface area contributed by atoms with Gasteiger partial charge in [0, 0.05) is 12.1 Å². The van der Waals surface area contributed by atoms with Crippen LogP contribution in [0.15, 0.2) is 41.6 Å². The lowest BCUT2D eigenvalue weighted by molar-refractivity contribution is -0.125. The lowest BCUT2D eigenvalue weighted by Crippen LogP contribution is -2.26. The largest absolute Gasteiger partial charge is 0.493 e. The van der Waals surface area contributed by atoms with Crippen LogP contribution in [0.1, 0.15) is 16.7 Å². The first-order chi connectivity index (χ1) is 13.4. The zero-order valence-corrected chi connectivity index (χ0v) is 15.2. The lowest BCUT2D eigenvalue weighted by Gasteiger charge is -2.09. The van der Waals surface area contributed by atoms with Gasteiger partial charge in [-0.3, -0.25) is 4.79 Å². The Kier molecular flexibility index (Phi) is 7.67. The highest BCUT2D eigenvalue weighted by Crippen LogP contribution is 2.28. The van der Waals surface area contributed by atoms with Crippen molar-refractivity contribution in [3.05, 3.63) is 58.9 Å². The molecule has 0 saturated heterocycles. The molecular formula is C19H19F3N2O4. The molecule has 2 aromatic carbocycles. The third-order valence-electron chi connectivity index (χ3n) is 3.60. The third kappa shape index (κ3) is 6.49. The quantitative estimate of drug-likeness (QED) is 0.521. The number of nitrogens with zero attached hydrogens (tertiary/aromatic N) is 1. The number of carbonyl (C=O) groups excluding carboxylic acids is 1. The fourth-order valence-electron chi connectivity index (χ4n) is 2.15. The molecule has 0 aliphatic carbocycles. The smallest absolute Gasteiger partial charge is 0.387 e. The van der Waals surface area contributed by atoms with Gasteiger partial charge in [-0.25, -0.2) is 4.39 Å². The molecular weight excluding hydrogens is 377 g/mol. The normalized spacial score (nSPS) is 10.9. The molecule has 9 heteroatoms. The minimum absolute atomic E-state index is 0.104. The van der Waals surface area contributed by atoms with Gasteiger partial charge in [0.25, 0.3) is 5.91 Å². The van der Waals surface area contributed by atoms with Crippen molar-refractivity contribution < 1.29 is 32.3 Å². The first-order valence-corrected chi connectivity index (χ1v) is 8.19. The monoisotopic (exact) mass is 396 g/mol. The number of methoxy groups -OCH3 is 1. The van der Waals surface area contributed by atoms with Gasteiger partial charge in [0.05, 0.1) is 13.3 Å². The van der Waals surface area contributed by atoms with Gasteiger partial charge in [-0.15, -0.1) is 0 Å². The summed E-state index contributed by atoms with van der Waals surface area (Å²) in [7, 11) is 1.31. The Morgan fingerprint density at radius 1 is 1.21 bits per heavy atom. The van der Waals surface area contributed by atoms with Crippen molar-refractivity contribution in [1.29, 1.82) is 0 Å². The highest BCUT2D eigenvalue weighted by molar-refractivity contribution is 5.81. The van der Waals surface area contributed by atoms with Crippen molar-refractivity contribution in [1.82, 2.24) is 5.32 Å². The number of amides is 1. The fraction of sp³-hybridized carbons (Fsp3) is 0.263. The molecule has 0 aliphatic heterocycles. The Balaban J connectivity index is 1.80. The number of benzene rings is 2. The van der Waals surface area contributed by atoms with E-state index < -0.39 is 12.5 Å². The first-order valence-electron chi connectivity index (χ1n) is 8.19. The molecule has 1 N–H and O–H groups in total. The first kappa shape index (κ1) is 21.1. The second kappa shape index (κ2) is 10.2. The van der Waals surface area contributed by atoms with Crippen LogP contribution in [0.2, 0.25) is 0 Å². The van der Waals surface area contributed by atoms with Crippen molar-refractivity contribution in [3.63, 3.8) is 0 Å². The predicted octanol–water partition coefficient (Wildman–Crippen LogP) is 3.41. The summed E-state index contributed by atoms with van der Waals surface area (Å²) in [5.74, 6) is -0.779. The molecule has 0 bridgehead atoms. The van der Waals surface area contributed by atoms with Crippen molar-refractivity contribution in [2.75, 3.05) is 13.7 Å². The second-order valence-corrected chi connectivity index (χ2v) is 5.66. The van der Waals surface area contributed by atoms with Crippen LogP contribution in [0.3, 0.4) is 0 Å². The van der Waals surface area contributed by atoms with E-state index in [4.69, 9.17) is 9.57 Å². The maximum Gasteiger partial charge on any atom is 0.387 e. The Hall–Kier alpha value is -3.23. The summed E-state index contributed by atoms with van der Waals surface area (Å²) in [6, 6.07) is 8.90. The average molecular weight is 396 g/mol. The van der Waals surface area contributed by atoms with Crippen LogP contribution in [0.5, 0.6) is 11.5 Å². The van der Waals surface area contributed by atoms with Crippen molar-refractivity contribution in [3.8, 4) is 11.5 Å². The molecule has 2 rings (SSSR count). The molecule has 0 unspecified atom stereocenters. The Bertz CT molecular complexity index is 844. The van der Waals surface area contributed by atoms with Gasteiger partial charge >= 0.3 is 6.61 Å². The summed E-state index contributed by atoms with van der Waals surface area (Å²) in [6.07, 6.45) is 1.29. The summed E-state index contributed by atoms with van der Waals surface area (Å²) >= 11 is 0. The average Bonchev–Trinajstić information content (AvgIpc) is 2.66. The minimum atomic E-state index is -2.97. The Morgan fingerprint density at radius 2 is 2.00 bits per heavy atom. The van der Waals surface area contributed by atoms with Gasteiger partial charge < -0.3 is 19.6 Å². The number of rotatable bonds is 9. The van der Waals surface area contributed by atoms with E-state index in [9.17, 15) is 18.0 Å². The highest BCUT2D eigenvalue weighted by Gasteiger charge is 2.10. The molecule has 150 valence electrons. The molecule has 2 aromatic rings. The molecule has 0 aliphatic rings. The molecule has 0 spiro atoms. The van der Waals surface area contributed by atoms with Crippen LogP contribution in [0.4, 0.5) is 13.2 Å². The summed E-state index contributed by atoms with van der Waals surface area (Å²) in [6.45, 7) is -1.49. The molecule has 0 heterocycles. The van der Waals surface area contributed by atoms with Crippen molar-refractivity contribution >= 4 is 12.1 Å². The summed E-state index contributed by atoms with van der Waals surface area (Å²) in [5.41, 5.74) is 1.64. The van der Waals surface area contributed by atoms with Gasteiger partial charge in [0.1, 0.15) is 5.82 Å². The zero-order chi connectivity index (χ0) is 20.5. The van der Waals surface area contributed by atoms with Crippen molar-refractivity contribution in [2.24, 2.45) is 5.16 Å². The van der Waals surface area contributed by atoms with E-state index in [1.807, 2.05) is 0 Å². The molecule has 0 saturated carbocycles. The molecule has 6 nitrogen and oxygen atoms in total. The number of alkyl halides is 2. The van der Waals surface area contributed by atoms with E-state index in [-0.39, 0.29) is 30.5 Å². The second-order valence-electron chi connectivity index (χ2n) is 5.66. The number of ether oxygens (including phenoxy) is 2. The van der Waals surface area contributed by atoms with E-state index in [0.717, 1.165) is 0 Å². The van der Waals surface area contributed by atoms with Crippen LogP contribution < -0.4 is 14.8 Å². The Labute approximate surface area is 159 Å². The van der Waals surface area contributed by atoms with Gasteiger partial charge in [-0.05, 0) is 42.3 Å². The summed E-state index contributed by atoms with van der Waals surface area (Å²) in [5, 5.41) is 6.21. The summed E-state index contributed by atoms with van der Waals surface area (Å²) in [4.78, 5) is 16.6. The van der Waals surface area contributed by atoms with Crippen LogP contribution >= 0.6 is 0 Å². The van der Waals surface area contributed by atoms with E-state index in [1.165, 1.54) is 37.6 Å². The number of hydrogen-bond donors (Lipinski definition) is 1. The maximum atomic E-state index is 13.4. The zero-order valence-electron chi connectivity index (χ0n) is 15.2. The number of oxime groups is 1. The van der Waals surface area contributed by atoms with E-state index in [0.29, 0.717) is 16.7 Å². The van der Waals surface area contributed by atoms with Gasteiger partial charge in [-0.2, -0.15) is 8.78 Å². The van der Waals surface area contributed by atoms with Crippen molar-refractivity contribution in [2.45, 2.75) is 20.1 Å². The minimum Gasteiger partial charge on any atom is -0.493 e. The lowest BCUT2D eigenvalue weighted by atomic mass is 10.1. The number of hydrogen-bond acceptors (Lipinski definition) is 5. The predicted molar refractivity (Wildman–Crippen MR) is 96.2 cm³/mol. The number of halogens is 3. The molecule has 28 heavy (non-hydrogen) atoms. The third-order valence-corrected chi connectivity index (χ3v) is 3.60. The van der Waals surface area contributed by atoms with Crippen LogP contribution in [-0.2, 0) is 16.2 Å². The van der Waals surface area contributed by atoms with Crippen LogP contribution in [-0.4, -0.2) is 32.4 Å². The molecule has 0 atom stereocenters. The van der Waals surface area contributed by atoms with Crippen LogP contribution in [0, 0.1) is 12.7 Å². The van der Waals surface area contributed by atoms with Gasteiger partial charge in [0.15, 0.2) is 18.1 Å². The van der Waals surface area contributed by atoms with E-state index in [2.05, 4.69) is 15.2 Å². The SMILES string of the molecule is COc1cc(/C=N/OCC(=O)NCc2ccc(C)c(F)c2)ccc1OC(F)F. The summed E-state index contributed by atoms with van der Waals surface area (Å²) < 4.78 is 47.3. The van der Waals surface area contributed by atoms with Crippen LogP contribution in [0.25, 0.3) is 0 Å². The van der Waals surface area contributed by atoms with Gasteiger partial charge in [-0.1, -0.05) is 17.3 Å². The van der Waals surface area contributed by atoms with E-state index in [1.54, 1.807) is 19.1 Å². The topological polar surface area (TPSA) is 69.2 Å². The maximum absolute atomic E-state index is 13.4. The van der Waals surface area contributed by atoms with Gasteiger partial charge in [0.2, 0.25) is 0 Å². The Morgan fingerprint density at radius 3 is 2.68 bits per heavy atom. The fourth-order valence-corrected chi connectivity index (χ4v) is 2.15. The molecule has 1 amide bonds. The number of aryl methyl sites for hydroxylation is 1.